The zero-order valence-electron chi connectivity index (χ0n) is 17.7. The Bertz CT molecular complexity index is 1280. The molecule has 32 heavy (non-hydrogen) atoms. The number of thioether (sulfide) groups is 1. The Kier molecular flexibility index (Phi) is 6.34. The molecular formula is C25H21N5OS. The number of nitriles is 1. The lowest BCUT2D eigenvalue weighted by molar-refractivity contribution is -0.115. The van der Waals surface area contributed by atoms with Crippen LogP contribution in [0, 0.1) is 18.3 Å². The highest BCUT2D eigenvalue weighted by Crippen LogP contribution is 2.30. The third-order valence-corrected chi connectivity index (χ3v) is 5.96. The van der Waals surface area contributed by atoms with Crippen molar-refractivity contribution in [3.05, 3.63) is 90.0 Å². The van der Waals surface area contributed by atoms with Crippen LogP contribution in [0.3, 0.4) is 0 Å². The van der Waals surface area contributed by atoms with Crippen molar-refractivity contribution in [3.63, 3.8) is 0 Å². The number of hydrogen-bond acceptors (Lipinski definition) is 5. The normalized spacial score (nSPS) is 11.5. The van der Waals surface area contributed by atoms with Gasteiger partial charge in [0.05, 0.1) is 16.5 Å². The number of rotatable bonds is 6. The maximum absolute atomic E-state index is 12.9. The minimum absolute atomic E-state index is 0.211. The molecule has 0 aliphatic carbocycles. The summed E-state index contributed by atoms with van der Waals surface area (Å²) in [5.74, 6) is 0.497. The number of para-hydroxylation sites is 1. The van der Waals surface area contributed by atoms with Crippen molar-refractivity contribution in [1.82, 2.24) is 14.8 Å². The minimum Gasteiger partial charge on any atom is -0.324 e. The Hall–Kier alpha value is -3.89. The van der Waals surface area contributed by atoms with Gasteiger partial charge < -0.3 is 5.32 Å². The number of amides is 1. The van der Waals surface area contributed by atoms with E-state index in [1.54, 1.807) is 24.3 Å². The molecule has 1 unspecified atom stereocenters. The van der Waals surface area contributed by atoms with E-state index in [9.17, 15) is 10.1 Å². The number of aryl methyl sites for hydroxylation is 1. The van der Waals surface area contributed by atoms with E-state index in [4.69, 9.17) is 0 Å². The predicted octanol–water partition coefficient (Wildman–Crippen LogP) is 5.23. The summed E-state index contributed by atoms with van der Waals surface area (Å²) in [5, 5.41) is 21.1. The summed E-state index contributed by atoms with van der Waals surface area (Å²) >= 11 is 1.32. The van der Waals surface area contributed by atoms with E-state index in [-0.39, 0.29) is 5.91 Å². The molecule has 0 saturated heterocycles. The maximum Gasteiger partial charge on any atom is 0.237 e. The summed E-state index contributed by atoms with van der Waals surface area (Å²) in [5.41, 5.74) is 3.93. The van der Waals surface area contributed by atoms with Gasteiger partial charge >= 0.3 is 0 Å². The van der Waals surface area contributed by atoms with Crippen LogP contribution in [0.2, 0.25) is 0 Å². The van der Waals surface area contributed by atoms with E-state index in [1.165, 1.54) is 11.8 Å². The fourth-order valence-electron chi connectivity index (χ4n) is 3.18. The molecule has 0 fully saturated rings. The number of nitrogens with zero attached hydrogens (tertiary/aromatic N) is 4. The van der Waals surface area contributed by atoms with Gasteiger partial charge in [0, 0.05) is 11.3 Å². The molecular weight excluding hydrogens is 418 g/mol. The predicted molar refractivity (Wildman–Crippen MR) is 127 cm³/mol. The summed E-state index contributed by atoms with van der Waals surface area (Å²) < 4.78 is 1.96. The highest BCUT2D eigenvalue weighted by molar-refractivity contribution is 8.00. The van der Waals surface area contributed by atoms with Crippen molar-refractivity contribution in [2.75, 3.05) is 5.32 Å². The second-order valence-electron chi connectivity index (χ2n) is 7.25. The highest BCUT2D eigenvalue weighted by Gasteiger charge is 2.22. The van der Waals surface area contributed by atoms with Crippen molar-refractivity contribution in [3.8, 4) is 23.1 Å². The van der Waals surface area contributed by atoms with E-state index in [1.807, 2.05) is 73.0 Å². The first-order chi connectivity index (χ1) is 15.6. The molecule has 0 radical (unpaired) electrons. The number of hydrogen-bond donors (Lipinski definition) is 1. The molecule has 1 heterocycles. The van der Waals surface area contributed by atoms with Gasteiger partial charge in [-0.15, -0.1) is 10.2 Å². The molecule has 6 nitrogen and oxygen atoms in total. The van der Waals surface area contributed by atoms with Gasteiger partial charge in [-0.05, 0) is 38.1 Å². The topological polar surface area (TPSA) is 83.6 Å². The van der Waals surface area contributed by atoms with Gasteiger partial charge in [-0.2, -0.15) is 5.26 Å². The number of carbonyl (C=O) groups excluding carboxylic acids is 1. The first-order valence-electron chi connectivity index (χ1n) is 10.1. The third kappa shape index (κ3) is 4.56. The molecule has 1 amide bonds. The number of aromatic nitrogens is 3. The van der Waals surface area contributed by atoms with E-state index in [0.29, 0.717) is 22.2 Å². The van der Waals surface area contributed by atoms with Crippen LogP contribution in [0.15, 0.2) is 84.0 Å². The zero-order valence-corrected chi connectivity index (χ0v) is 18.5. The second-order valence-corrected chi connectivity index (χ2v) is 8.56. The summed E-state index contributed by atoms with van der Waals surface area (Å²) in [6.45, 7) is 3.85. The van der Waals surface area contributed by atoms with Crippen LogP contribution in [0.4, 0.5) is 5.69 Å². The zero-order chi connectivity index (χ0) is 22.5. The van der Waals surface area contributed by atoms with Crippen molar-refractivity contribution in [1.29, 1.82) is 5.26 Å². The standard InChI is InChI=1S/C25H21N5OS/c1-17-12-14-21(15-13-17)30-23(19-8-4-3-5-9-19)28-29-25(30)32-18(2)24(31)27-22-11-7-6-10-20(22)16-26/h3-15,18H,1-2H3,(H,27,31). The Balaban J connectivity index is 1.65. The van der Waals surface area contributed by atoms with E-state index in [2.05, 4.69) is 21.6 Å². The summed E-state index contributed by atoms with van der Waals surface area (Å²) in [6, 6.07) is 27.0. The van der Waals surface area contributed by atoms with Crippen LogP contribution in [-0.2, 0) is 4.79 Å². The second kappa shape index (κ2) is 9.50. The molecule has 4 rings (SSSR count). The highest BCUT2D eigenvalue weighted by atomic mass is 32.2. The number of carbonyl (C=O) groups is 1. The Labute approximate surface area is 190 Å². The lowest BCUT2D eigenvalue weighted by Crippen LogP contribution is -2.23. The fourth-order valence-corrected chi connectivity index (χ4v) is 4.05. The average Bonchev–Trinajstić information content (AvgIpc) is 3.24. The Morgan fingerprint density at radius 2 is 1.69 bits per heavy atom. The molecule has 0 saturated carbocycles. The van der Waals surface area contributed by atoms with Crippen LogP contribution >= 0.6 is 11.8 Å². The van der Waals surface area contributed by atoms with Gasteiger partial charge in [0.25, 0.3) is 0 Å². The smallest absolute Gasteiger partial charge is 0.237 e. The van der Waals surface area contributed by atoms with Crippen LogP contribution in [0.1, 0.15) is 18.1 Å². The van der Waals surface area contributed by atoms with Crippen LogP contribution in [0.25, 0.3) is 17.1 Å². The molecule has 1 N–H and O–H groups in total. The van der Waals surface area contributed by atoms with E-state index in [0.717, 1.165) is 16.8 Å². The molecule has 7 heteroatoms. The Morgan fingerprint density at radius 3 is 2.41 bits per heavy atom. The number of benzene rings is 3. The van der Waals surface area contributed by atoms with Gasteiger partial charge in [-0.1, -0.05) is 71.9 Å². The van der Waals surface area contributed by atoms with Gasteiger partial charge in [-0.3, -0.25) is 9.36 Å². The van der Waals surface area contributed by atoms with Crippen molar-refractivity contribution in [2.45, 2.75) is 24.3 Å². The van der Waals surface area contributed by atoms with Gasteiger partial charge in [0.15, 0.2) is 11.0 Å². The Morgan fingerprint density at radius 1 is 1.00 bits per heavy atom. The largest absolute Gasteiger partial charge is 0.324 e. The molecule has 4 aromatic rings. The number of anilines is 1. The average molecular weight is 440 g/mol. The minimum atomic E-state index is -0.459. The molecule has 0 aliphatic rings. The van der Waals surface area contributed by atoms with E-state index < -0.39 is 5.25 Å². The van der Waals surface area contributed by atoms with Gasteiger partial charge in [-0.25, -0.2) is 0 Å². The summed E-state index contributed by atoms with van der Waals surface area (Å²) in [7, 11) is 0. The third-order valence-electron chi connectivity index (χ3n) is 4.91. The lowest BCUT2D eigenvalue weighted by atomic mass is 10.2. The summed E-state index contributed by atoms with van der Waals surface area (Å²) in [4.78, 5) is 12.9. The molecule has 158 valence electrons. The van der Waals surface area contributed by atoms with Crippen LogP contribution in [0.5, 0.6) is 0 Å². The number of nitrogens with one attached hydrogen (secondary N) is 1. The van der Waals surface area contributed by atoms with Crippen molar-refractivity contribution in [2.24, 2.45) is 0 Å². The van der Waals surface area contributed by atoms with Crippen molar-refractivity contribution < 1.29 is 4.79 Å². The summed E-state index contributed by atoms with van der Waals surface area (Å²) in [6.07, 6.45) is 0. The lowest BCUT2D eigenvalue weighted by Gasteiger charge is -2.14. The SMILES string of the molecule is Cc1ccc(-n2c(SC(C)C(=O)Nc3ccccc3C#N)nnc2-c2ccccc2)cc1. The van der Waals surface area contributed by atoms with Crippen molar-refractivity contribution >= 4 is 23.4 Å². The van der Waals surface area contributed by atoms with Gasteiger partial charge in [0.2, 0.25) is 5.91 Å². The van der Waals surface area contributed by atoms with Crippen LogP contribution in [-0.4, -0.2) is 25.9 Å². The molecule has 0 spiro atoms. The van der Waals surface area contributed by atoms with Gasteiger partial charge in [0.1, 0.15) is 6.07 Å². The molecule has 3 aromatic carbocycles. The molecule has 0 bridgehead atoms. The van der Waals surface area contributed by atoms with Crippen LogP contribution < -0.4 is 5.32 Å². The molecule has 1 aromatic heterocycles. The molecule has 0 aliphatic heterocycles. The monoisotopic (exact) mass is 439 g/mol. The quantitative estimate of drug-likeness (QED) is 0.416. The molecule has 1 atom stereocenters. The first kappa shape index (κ1) is 21.3. The van der Waals surface area contributed by atoms with E-state index >= 15 is 0 Å². The maximum atomic E-state index is 12.9. The fraction of sp³-hybridized carbons (Fsp3) is 0.120. The first-order valence-corrected chi connectivity index (χ1v) is 11.0.